The molecule has 0 saturated heterocycles. The molecule has 0 saturated carbocycles. The monoisotopic (exact) mass is 265 g/mol. The standard InChI is InChI=1S/C14H23N3O2/c1-6-19-13(18)7-8-17(5)14-15-11(4)9-12(16-14)10(2)3/h9-10H,6-8H2,1-5H3. The second-order valence-corrected chi connectivity index (χ2v) is 4.87. The number of aryl methyl sites for hydroxylation is 1. The lowest BCUT2D eigenvalue weighted by Crippen LogP contribution is -2.24. The predicted molar refractivity (Wildman–Crippen MR) is 75.4 cm³/mol. The third-order valence-electron chi connectivity index (χ3n) is 2.75. The van der Waals surface area contributed by atoms with Gasteiger partial charge in [0.25, 0.3) is 0 Å². The SMILES string of the molecule is CCOC(=O)CCN(C)c1nc(C)cc(C(C)C)n1. The number of anilines is 1. The van der Waals surface area contributed by atoms with Crippen molar-refractivity contribution < 1.29 is 9.53 Å². The molecule has 5 nitrogen and oxygen atoms in total. The van der Waals surface area contributed by atoms with Gasteiger partial charge >= 0.3 is 5.97 Å². The molecule has 0 aliphatic heterocycles. The van der Waals surface area contributed by atoms with Crippen LogP contribution in [0, 0.1) is 6.92 Å². The summed E-state index contributed by atoms with van der Waals surface area (Å²) in [5.41, 5.74) is 1.96. The van der Waals surface area contributed by atoms with E-state index in [4.69, 9.17) is 4.74 Å². The van der Waals surface area contributed by atoms with Crippen molar-refractivity contribution in [1.82, 2.24) is 9.97 Å². The van der Waals surface area contributed by atoms with Crippen LogP contribution in [0.2, 0.25) is 0 Å². The zero-order valence-electron chi connectivity index (χ0n) is 12.4. The molecule has 0 aliphatic carbocycles. The Morgan fingerprint density at radius 2 is 2.11 bits per heavy atom. The van der Waals surface area contributed by atoms with Crippen LogP contribution >= 0.6 is 0 Å². The Hall–Kier alpha value is -1.65. The van der Waals surface area contributed by atoms with E-state index in [1.165, 1.54) is 0 Å². The molecule has 0 unspecified atom stereocenters. The number of hydrogen-bond acceptors (Lipinski definition) is 5. The van der Waals surface area contributed by atoms with E-state index in [0.717, 1.165) is 11.4 Å². The molecule has 1 aromatic rings. The van der Waals surface area contributed by atoms with Crippen LogP contribution < -0.4 is 4.90 Å². The summed E-state index contributed by atoms with van der Waals surface area (Å²) in [5, 5.41) is 0. The molecule has 1 rings (SSSR count). The first-order valence-electron chi connectivity index (χ1n) is 6.66. The maximum Gasteiger partial charge on any atom is 0.307 e. The van der Waals surface area contributed by atoms with E-state index in [2.05, 4.69) is 23.8 Å². The van der Waals surface area contributed by atoms with Crippen molar-refractivity contribution in [3.05, 3.63) is 17.5 Å². The van der Waals surface area contributed by atoms with Gasteiger partial charge in [-0.15, -0.1) is 0 Å². The molecule has 0 radical (unpaired) electrons. The molecule has 1 heterocycles. The summed E-state index contributed by atoms with van der Waals surface area (Å²) in [7, 11) is 1.89. The van der Waals surface area contributed by atoms with Gasteiger partial charge in [-0.25, -0.2) is 9.97 Å². The molecular formula is C14H23N3O2. The minimum absolute atomic E-state index is 0.189. The quantitative estimate of drug-likeness (QED) is 0.739. The zero-order valence-corrected chi connectivity index (χ0v) is 12.4. The Kier molecular flexibility index (Phi) is 5.73. The van der Waals surface area contributed by atoms with Gasteiger partial charge in [0.05, 0.1) is 13.0 Å². The Labute approximate surface area is 115 Å². The van der Waals surface area contributed by atoms with Crippen molar-refractivity contribution in [2.45, 2.75) is 40.0 Å². The zero-order chi connectivity index (χ0) is 14.4. The van der Waals surface area contributed by atoms with Crippen LogP contribution in [0.15, 0.2) is 6.07 Å². The van der Waals surface area contributed by atoms with Crippen molar-refractivity contribution >= 4 is 11.9 Å². The predicted octanol–water partition coefficient (Wildman–Crippen LogP) is 2.30. The van der Waals surface area contributed by atoms with Gasteiger partial charge in [-0.1, -0.05) is 13.8 Å². The Balaban J connectivity index is 2.71. The lowest BCUT2D eigenvalue weighted by Gasteiger charge is -2.18. The first-order valence-corrected chi connectivity index (χ1v) is 6.66. The van der Waals surface area contributed by atoms with E-state index in [1.54, 1.807) is 6.92 Å². The highest BCUT2D eigenvalue weighted by atomic mass is 16.5. The van der Waals surface area contributed by atoms with Gasteiger partial charge in [0.2, 0.25) is 5.95 Å². The highest BCUT2D eigenvalue weighted by Crippen LogP contribution is 2.16. The highest BCUT2D eigenvalue weighted by molar-refractivity contribution is 5.70. The van der Waals surface area contributed by atoms with Crippen LogP contribution in [0.5, 0.6) is 0 Å². The largest absolute Gasteiger partial charge is 0.466 e. The van der Waals surface area contributed by atoms with Gasteiger partial charge in [0.1, 0.15) is 0 Å². The molecule has 5 heteroatoms. The maximum absolute atomic E-state index is 11.3. The first kappa shape index (κ1) is 15.4. The lowest BCUT2D eigenvalue weighted by molar-refractivity contribution is -0.142. The number of rotatable bonds is 6. The van der Waals surface area contributed by atoms with Gasteiger partial charge in [-0.2, -0.15) is 0 Å². The number of hydrogen-bond donors (Lipinski definition) is 0. The molecule has 0 spiro atoms. The molecule has 0 amide bonds. The average molecular weight is 265 g/mol. The molecule has 106 valence electrons. The summed E-state index contributed by atoms with van der Waals surface area (Å²) < 4.78 is 4.91. The van der Waals surface area contributed by atoms with Gasteiger partial charge < -0.3 is 9.64 Å². The van der Waals surface area contributed by atoms with Crippen molar-refractivity contribution in [3.8, 4) is 0 Å². The fourth-order valence-electron chi connectivity index (χ4n) is 1.64. The fraction of sp³-hybridized carbons (Fsp3) is 0.643. The van der Waals surface area contributed by atoms with Gasteiger partial charge in [-0.05, 0) is 25.8 Å². The molecular weight excluding hydrogens is 242 g/mol. The number of carbonyl (C=O) groups excluding carboxylic acids is 1. The molecule has 1 aromatic heterocycles. The Bertz CT molecular complexity index is 433. The molecule has 0 aliphatic rings. The van der Waals surface area contributed by atoms with Gasteiger partial charge in [0.15, 0.2) is 0 Å². The Morgan fingerprint density at radius 3 is 2.68 bits per heavy atom. The molecule has 0 fully saturated rings. The molecule has 19 heavy (non-hydrogen) atoms. The minimum atomic E-state index is -0.189. The van der Waals surface area contributed by atoms with Crippen LogP contribution in [0.3, 0.4) is 0 Å². The molecule has 0 atom stereocenters. The smallest absolute Gasteiger partial charge is 0.307 e. The summed E-state index contributed by atoms with van der Waals surface area (Å²) in [6.07, 6.45) is 0.346. The highest BCUT2D eigenvalue weighted by Gasteiger charge is 2.11. The summed E-state index contributed by atoms with van der Waals surface area (Å²) in [4.78, 5) is 22.1. The van der Waals surface area contributed by atoms with Crippen molar-refractivity contribution in [3.63, 3.8) is 0 Å². The topological polar surface area (TPSA) is 55.3 Å². The number of aromatic nitrogens is 2. The Morgan fingerprint density at radius 1 is 1.42 bits per heavy atom. The fourth-order valence-corrected chi connectivity index (χ4v) is 1.64. The van der Waals surface area contributed by atoms with E-state index in [9.17, 15) is 4.79 Å². The van der Waals surface area contributed by atoms with E-state index < -0.39 is 0 Å². The lowest BCUT2D eigenvalue weighted by atomic mass is 10.1. The third-order valence-corrected chi connectivity index (χ3v) is 2.75. The average Bonchev–Trinajstić information content (AvgIpc) is 2.35. The van der Waals surface area contributed by atoms with E-state index in [-0.39, 0.29) is 5.97 Å². The summed E-state index contributed by atoms with van der Waals surface area (Å²) in [6, 6.07) is 1.99. The van der Waals surface area contributed by atoms with Gasteiger partial charge in [0, 0.05) is 25.0 Å². The second-order valence-electron chi connectivity index (χ2n) is 4.87. The van der Waals surface area contributed by atoms with Crippen LogP contribution in [0.1, 0.15) is 44.5 Å². The van der Waals surface area contributed by atoms with Crippen LogP contribution in [-0.4, -0.2) is 36.1 Å². The summed E-state index contributed by atoms with van der Waals surface area (Å²) >= 11 is 0. The molecule has 0 bridgehead atoms. The van der Waals surface area contributed by atoms with Crippen LogP contribution in [-0.2, 0) is 9.53 Å². The molecule has 0 aromatic carbocycles. The number of ether oxygens (including phenoxy) is 1. The normalized spacial score (nSPS) is 10.6. The van der Waals surface area contributed by atoms with Crippen molar-refractivity contribution in [2.75, 3.05) is 25.1 Å². The number of esters is 1. The first-order chi connectivity index (χ1) is 8.93. The van der Waals surface area contributed by atoms with Gasteiger partial charge in [-0.3, -0.25) is 4.79 Å². The number of carbonyl (C=O) groups is 1. The number of nitrogens with zero attached hydrogens (tertiary/aromatic N) is 3. The minimum Gasteiger partial charge on any atom is -0.466 e. The van der Waals surface area contributed by atoms with E-state index >= 15 is 0 Å². The summed E-state index contributed by atoms with van der Waals surface area (Å²) in [5.74, 6) is 0.831. The molecule has 0 N–H and O–H groups in total. The van der Waals surface area contributed by atoms with E-state index in [0.29, 0.717) is 31.4 Å². The van der Waals surface area contributed by atoms with Crippen LogP contribution in [0.4, 0.5) is 5.95 Å². The summed E-state index contributed by atoms with van der Waals surface area (Å²) in [6.45, 7) is 8.94. The maximum atomic E-state index is 11.3. The van der Waals surface area contributed by atoms with Crippen molar-refractivity contribution in [1.29, 1.82) is 0 Å². The third kappa shape index (κ3) is 4.85. The second kappa shape index (κ2) is 7.07. The van der Waals surface area contributed by atoms with Crippen LogP contribution in [0.25, 0.3) is 0 Å². The van der Waals surface area contributed by atoms with Crippen molar-refractivity contribution in [2.24, 2.45) is 0 Å². The van der Waals surface area contributed by atoms with E-state index in [1.807, 2.05) is 24.9 Å².